The Labute approximate surface area is 259 Å². The third-order valence-electron chi connectivity index (χ3n) is 7.86. The van der Waals surface area contributed by atoms with Gasteiger partial charge in [0.1, 0.15) is 18.7 Å². The number of methoxy groups -OCH3 is 1. The van der Waals surface area contributed by atoms with E-state index in [0.717, 1.165) is 49.7 Å². The van der Waals surface area contributed by atoms with Gasteiger partial charge in [-0.1, -0.05) is 86.2 Å². The fourth-order valence-corrected chi connectivity index (χ4v) is 5.62. The molecule has 2 N–H and O–H groups in total. The molecule has 0 radical (unpaired) electrons. The molecule has 0 aromatic heterocycles. The van der Waals surface area contributed by atoms with Gasteiger partial charge in [-0.15, -0.1) is 0 Å². The summed E-state index contributed by atoms with van der Waals surface area (Å²) in [6, 6.07) is 15.0. The second kappa shape index (κ2) is 18.2. The van der Waals surface area contributed by atoms with E-state index in [1.165, 1.54) is 7.11 Å². The van der Waals surface area contributed by atoms with Gasteiger partial charge in [0.25, 0.3) is 0 Å². The van der Waals surface area contributed by atoms with Gasteiger partial charge < -0.3 is 25.0 Å². The number of esters is 1. The number of amides is 3. The molecule has 2 atom stereocenters. The number of nitrogens with one attached hydrogen (secondary N) is 2. The first-order valence-corrected chi connectivity index (χ1v) is 15.5. The largest absolute Gasteiger partial charge is 0.467 e. The molecule has 3 rings (SSSR count). The highest BCUT2D eigenvalue weighted by Gasteiger charge is 2.31. The molecule has 10 heteroatoms. The predicted octanol–water partition coefficient (Wildman–Crippen LogP) is 5.43. The van der Waals surface area contributed by atoms with E-state index in [2.05, 4.69) is 10.6 Å². The van der Waals surface area contributed by atoms with Gasteiger partial charge in [0.05, 0.1) is 7.11 Å². The van der Waals surface area contributed by atoms with E-state index >= 15 is 0 Å². The Morgan fingerprint density at radius 3 is 2.35 bits per heavy atom. The van der Waals surface area contributed by atoms with E-state index < -0.39 is 30.1 Å². The fourth-order valence-electron chi connectivity index (χ4n) is 5.40. The summed E-state index contributed by atoms with van der Waals surface area (Å²) >= 11 is 6.02. The third kappa shape index (κ3) is 11.9. The second-order valence-electron chi connectivity index (χ2n) is 11.0. The van der Waals surface area contributed by atoms with Crippen molar-refractivity contribution >= 4 is 35.5 Å². The Morgan fingerprint density at radius 1 is 0.953 bits per heavy atom. The summed E-state index contributed by atoms with van der Waals surface area (Å²) in [5, 5.41) is 5.97. The molecule has 0 spiro atoms. The number of hydrogen-bond donors (Lipinski definition) is 2. The zero-order valence-electron chi connectivity index (χ0n) is 25.2. The molecular weight excluding hydrogens is 570 g/mol. The maximum Gasteiger partial charge on any atom is 0.408 e. The van der Waals surface area contributed by atoms with Crippen molar-refractivity contribution in [1.29, 1.82) is 0 Å². The van der Waals surface area contributed by atoms with Crippen molar-refractivity contribution in [2.45, 2.75) is 83.4 Å². The Kier molecular flexibility index (Phi) is 14.3. The van der Waals surface area contributed by atoms with Crippen LogP contribution < -0.4 is 10.6 Å². The van der Waals surface area contributed by atoms with Crippen molar-refractivity contribution in [3.8, 4) is 0 Å². The molecule has 0 saturated heterocycles. The first-order valence-electron chi connectivity index (χ1n) is 15.2. The molecule has 0 bridgehead atoms. The lowest BCUT2D eigenvalue weighted by Crippen LogP contribution is -2.52. The van der Waals surface area contributed by atoms with E-state index in [-0.39, 0.29) is 31.3 Å². The van der Waals surface area contributed by atoms with Gasteiger partial charge in [0.15, 0.2) is 0 Å². The lowest BCUT2D eigenvalue weighted by molar-refractivity contribution is -0.145. The van der Waals surface area contributed by atoms with Crippen molar-refractivity contribution in [1.82, 2.24) is 15.5 Å². The lowest BCUT2D eigenvalue weighted by atomic mass is 9.84. The molecule has 0 aliphatic heterocycles. The van der Waals surface area contributed by atoms with E-state index in [0.29, 0.717) is 24.5 Å². The summed E-state index contributed by atoms with van der Waals surface area (Å²) in [5.74, 6) is -1.00. The molecule has 234 valence electrons. The second-order valence-corrected chi connectivity index (χ2v) is 11.4. The van der Waals surface area contributed by atoms with Crippen LogP contribution in [0.1, 0.15) is 69.4 Å². The Morgan fingerprint density at radius 2 is 1.67 bits per heavy atom. The number of carbonyl (C=O) groups excluding carboxylic acids is 4. The summed E-state index contributed by atoms with van der Waals surface area (Å²) in [4.78, 5) is 53.6. The van der Waals surface area contributed by atoms with Gasteiger partial charge in [-0.25, -0.2) is 9.59 Å². The number of rotatable bonds is 15. The number of halogens is 1. The topological polar surface area (TPSA) is 114 Å². The van der Waals surface area contributed by atoms with Crippen LogP contribution in [0.5, 0.6) is 0 Å². The Hall–Kier alpha value is -3.59. The molecule has 43 heavy (non-hydrogen) atoms. The van der Waals surface area contributed by atoms with Crippen molar-refractivity contribution < 1.29 is 28.7 Å². The summed E-state index contributed by atoms with van der Waals surface area (Å²) in [6.45, 7) is 3.00. The van der Waals surface area contributed by atoms with E-state index in [9.17, 15) is 19.2 Å². The van der Waals surface area contributed by atoms with Gasteiger partial charge in [-0.3, -0.25) is 9.59 Å². The average molecular weight is 614 g/mol. The van der Waals surface area contributed by atoms with Crippen LogP contribution in [0.25, 0.3) is 0 Å². The predicted molar refractivity (Wildman–Crippen MR) is 165 cm³/mol. The van der Waals surface area contributed by atoms with E-state index in [1.54, 1.807) is 29.2 Å². The average Bonchev–Trinajstić information content (AvgIpc) is 3.02. The van der Waals surface area contributed by atoms with Crippen LogP contribution in [0.15, 0.2) is 54.6 Å². The summed E-state index contributed by atoms with van der Waals surface area (Å²) in [6.07, 6.45) is 5.78. The normalized spacial score (nSPS) is 14.7. The van der Waals surface area contributed by atoms with Gasteiger partial charge in [-0.05, 0) is 55.4 Å². The summed E-state index contributed by atoms with van der Waals surface area (Å²) in [5.41, 5.74) is 1.85. The number of benzene rings is 2. The highest BCUT2D eigenvalue weighted by molar-refractivity contribution is 6.30. The zero-order chi connectivity index (χ0) is 31.0. The molecule has 1 aliphatic carbocycles. The SMILES string of the molecule is CCN(CCc1ccccc1)C(=O)CCC(NC(=O)C(CC1CCCCC1)NC(=O)OCc1cccc(Cl)c1)C(=O)OC. The van der Waals surface area contributed by atoms with Gasteiger partial charge >= 0.3 is 12.1 Å². The van der Waals surface area contributed by atoms with Crippen LogP contribution in [0.2, 0.25) is 5.02 Å². The number of likely N-dealkylation sites (N-methyl/N-ethyl adjacent to an activating group) is 1. The van der Waals surface area contributed by atoms with Crippen LogP contribution in [-0.2, 0) is 36.9 Å². The highest BCUT2D eigenvalue weighted by Crippen LogP contribution is 2.27. The minimum Gasteiger partial charge on any atom is -0.467 e. The van der Waals surface area contributed by atoms with Crippen LogP contribution in [-0.4, -0.2) is 61.1 Å². The van der Waals surface area contributed by atoms with Crippen molar-refractivity contribution in [3.63, 3.8) is 0 Å². The number of ether oxygens (including phenoxy) is 2. The monoisotopic (exact) mass is 613 g/mol. The number of carbonyl (C=O) groups is 4. The first kappa shape index (κ1) is 33.9. The maximum absolute atomic E-state index is 13.5. The van der Waals surface area contributed by atoms with Gasteiger partial charge in [-0.2, -0.15) is 0 Å². The highest BCUT2D eigenvalue weighted by atomic mass is 35.5. The number of alkyl carbamates (subject to hydrolysis) is 1. The van der Waals surface area contributed by atoms with Crippen molar-refractivity contribution in [3.05, 3.63) is 70.7 Å². The minimum atomic E-state index is -1.03. The fraction of sp³-hybridized carbons (Fsp3) is 0.515. The number of nitrogens with zero attached hydrogens (tertiary/aromatic N) is 1. The molecule has 1 fully saturated rings. The van der Waals surface area contributed by atoms with Crippen LogP contribution in [0.4, 0.5) is 4.79 Å². The minimum absolute atomic E-state index is 0.00470. The zero-order valence-corrected chi connectivity index (χ0v) is 25.9. The van der Waals surface area contributed by atoms with Crippen LogP contribution >= 0.6 is 11.6 Å². The Balaban J connectivity index is 1.61. The summed E-state index contributed by atoms with van der Waals surface area (Å²) < 4.78 is 10.3. The van der Waals surface area contributed by atoms with Gasteiger partial charge in [0.2, 0.25) is 11.8 Å². The lowest BCUT2D eigenvalue weighted by Gasteiger charge is -2.28. The Bertz CT molecular complexity index is 1190. The van der Waals surface area contributed by atoms with Crippen LogP contribution in [0.3, 0.4) is 0 Å². The molecule has 2 unspecified atom stereocenters. The van der Waals surface area contributed by atoms with Crippen LogP contribution in [0, 0.1) is 5.92 Å². The number of hydrogen-bond acceptors (Lipinski definition) is 6. The first-order chi connectivity index (χ1) is 20.8. The molecule has 2 aromatic rings. The molecular formula is C33H44ClN3O6. The molecule has 2 aromatic carbocycles. The molecule has 3 amide bonds. The molecule has 1 aliphatic rings. The maximum atomic E-state index is 13.5. The van der Waals surface area contributed by atoms with E-state index in [1.807, 2.05) is 37.3 Å². The smallest absolute Gasteiger partial charge is 0.408 e. The van der Waals surface area contributed by atoms with E-state index in [4.69, 9.17) is 21.1 Å². The summed E-state index contributed by atoms with van der Waals surface area (Å²) in [7, 11) is 1.24. The molecule has 9 nitrogen and oxygen atoms in total. The van der Waals surface area contributed by atoms with Crippen molar-refractivity contribution in [2.75, 3.05) is 20.2 Å². The quantitative estimate of drug-likeness (QED) is 0.259. The molecule has 0 heterocycles. The molecule has 1 saturated carbocycles. The third-order valence-corrected chi connectivity index (χ3v) is 8.09. The van der Waals surface area contributed by atoms with Crippen molar-refractivity contribution in [2.24, 2.45) is 5.92 Å². The standard InChI is InChI=1S/C33H44ClN3O6/c1-3-37(20-19-24-11-6-4-7-12-24)30(38)18-17-28(32(40)42-2)35-31(39)29(22-25-13-8-5-9-14-25)36-33(41)43-23-26-15-10-16-27(34)21-26/h4,6-7,10-12,15-16,21,25,28-29H,3,5,8-9,13-14,17-20,22-23H2,1-2H3,(H,35,39)(H,36,41). The van der Waals surface area contributed by atoms with Gasteiger partial charge in [0, 0.05) is 24.5 Å².